The number of rotatable bonds is 7. The van der Waals surface area contributed by atoms with Gasteiger partial charge in [-0.15, -0.1) is 0 Å². The predicted molar refractivity (Wildman–Crippen MR) is 125 cm³/mol. The van der Waals surface area contributed by atoms with Crippen LogP contribution in [0.25, 0.3) is 5.76 Å². The molecule has 1 saturated heterocycles. The van der Waals surface area contributed by atoms with E-state index in [1.165, 1.54) is 39.4 Å². The van der Waals surface area contributed by atoms with E-state index in [1.54, 1.807) is 43.3 Å². The Morgan fingerprint density at radius 3 is 2.06 bits per heavy atom. The number of aliphatic hydroxyl groups excluding tert-OH is 1. The number of aryl methyl sites for hydroxylation is 1. The molecule has 1 aromatic heterocycles. The minimum atomic E-state index is -1.06. The van der Waals surface area contributed by atoms with E-state index in [2.05, 4.69) is 5.16 Å². The molecule has 0 aliphatic carbocycles. The number of hydrogen-bond acceptors (Lipinski definition) is 9. The number of hydrogen-bond donors (Lipinski definition) is 1. The maximum Gasteiger partial charge on any atom is 0.301 e. The second kappa shape index (κ2) is 9.41. The number of benzene rings is 2. The molecule has 10 heteroatoms. The summed E-state index contributed by atoms with van der Waals surface area (Å²) in [5.41, 5.74) is 0.627. The minimum Gasteiger partial charge on any atom is -0.507 e. The fraction of sp³-hybridized carbons (Fsp3) is 0.240. The molecule has 0 bridgehead atoms. The van der Waals surface area contributed by atoms with E-state index in [0.29, 0.717) is 39.9 Å². The maximum absolute atomic E-state index is 13.3. The van der Waals surface area contributed by atoms with Gasteiger partial charge >= 0.3 is 5.91 Å². The Balaban J connectivity index is 1.98. The van der Waals surface area contributed by atoms with Gasteiger partial charge in [-0.1, -0.05) is 5.16 Å². The summed E-state index contributed by atoms with van der Waals surface area (Å²) in [7, 11) is 5.89. The van der Waals surface area contributed by atoms with Gasteiger partial charge in [0, 0.05) is 11.6 Å². The lowest BCUT2D eigenvalue weighted by atomic mass is 9.94. The van der Waals surface area contributed by atoms with E-state index in [4.69, 9.17) is 23.5 Å². The second-order valence-corrected chi connectivity index (χ2v) is 7.65. The molecule has 1 atom stereocenters. The van der Waals surface area contributed by atoms with Crippen molar-refractivity contribution in [2.45, 2.75) is 13.0 Å². The van der Waals surface area contributed by atoms with Crippen molar-refractivity contribution in [3.63, 3.8) is 0 Å². The molecule has 1 unspecified atom stereocenters. The molecule has 2 aromatic carbocycles. The molecule has 182 valence electrons. The van der Waals surface area contributed by atoms with Gasteiger partial charge in [-0.25, -0.2) is 0 Å². The topological polar surface area (TPSA) is 121 Å². The van der Waals surface area contributed by atoms with Crippen molar-refractivity contribution in [2.75, 3.05) is 33.3 Å². The fourth-order valence-corrected chi connectivity index (χ4v) is 4.01. The number of aromatic nitrogens is 1. The first-order valence-corrected chi connectivity index (χ1v) is 10.5. The van der Waals surface area contributed by atoms with Crippen LogP contribution in [0.2, 0.25) is 0 Å². The highest BCUT2D eigenvalue weighted by atomic mass is 16.5. The number of ether oxygens (including phenoxy) is 4. The second-order valence-electron chi connectivity index (χ2n) is 7.65. The lowest BCUT2D eigenvalue weighted by molar-refractivity contribution is -0.132. The summed E-state index contributed by atoms with van der Waals surface area (Å²) in [5.74, 6) is 0.000891. The third kappa shape index (κ3) is 4.03. The van der Waals surface area contributed by atoms with Gasteiger partial charge in [-0.2, -0.15) is 0 Å². The van der Waals surface area contributed by atoms with Crippen molar-refractivity contribution in [3.8, 4) is 23.0 Å². The lowest BCUT2D eigenvalue weighted by Gasteiger charge is -2.24. The minimum absolute atomic E-state index is 0.122. The number of nitrogens with zero attached hydrogens (tertiary/aromatic N) is 2. The molecular formula is C25H24N2O8. The highest BCUT2D eigenvalue weighted by Crippen LogP contribution is 2.47. The van der Waals surface area contributed by atoms with Gasteiger partial charge < -0.3 is 28.6 Å². The molecule has 1 fully saturated rings. The summed E-state index contributed by atoms with van der Waals surface area (Å²) in [6, 6.07) is 10.2. The standard InChI is InChI=1S/C25H24N2O8/c1-13-10-19(26-35-13)27-21(15-11-17(32-3)24(34-5)18(12-15)33-4)20(23(29)25(27)30)22(28)14-6-8-16(31-2)9-7-14/h6-12,21,28H,1-5H3. The van der Waals surface area contributed by atoms with Gasteiger partial charge in [-0.05, 0) is 48.9 Å². The first-order valence-electron chi connectivity index (χ1n) is 10.5. The summed E-state index contributed by atoms with van der Waals surface area (Å²) in [4.78, 5) is 27.7. The van der Waals surface area contributed by atoms with Crippen molar-refractivity contribution in [3.05, 3.63) is 64.9 Å². The van der Waals surface area contributed by atoms with Crippen LogP contribution >= 0.6 is 0 Å². The van der Waals surface area contributed by atoms with E-state index in [-0.39, 0.29) is 17.2 Å². The molecule has 4 rings (SSSR count). The number of carbonyl (C=O) groups is 2. The molecule has 2 heterocycles. The first-order chi connectivity index (χ1) is 16.8. The van der Waals surface area contributed by atoms with E-state index in [1.807, 2.05) is 0 Å². The Kier molecular flexibility index (Phi) is 6.37. The smallest absolute Gasteiger partial charge is 0.301 e. The number of anilines is 1. The van der Waals surface area contributed by atoms with Crippen LogP contribution in [0.4, 0.5) is 5.82 Å². The first kappa shape index (κ1) is 23.7. The molecule has 1 aliphatic heterocycles. The zero-order valence-corrected chi connectivity index (χ0v) is 19.8. The Labute approximate surface area is 201 Å². The molecule has 3 aromatic rings. The quantitative estimate of drug-likeness (QED) is 0.307. The summed E-state index contributed by atoms with van der Waals surface area (Å²) < 4.78 is 26.7. The van der Waals surface area contributed by atoms with Crippen LogP contribution in [0.15, 0.2) is 52.6 Å². The Bertz CT molecular complexity index is 1280. The number of aliphatic hydroxyl groups is 1. The van der Waals surface area contributed by atoms with Crippen LogP contribution < -0.4 is 23.8 Å². The number of methoxy groups -OCH3 is 4. The Morgan fingerprint density at radius 2 is 1.57 bits per heavy atom. The van der Waals surface area contributed by atoms with Gasteiger partial charge in [-0.3, -0.25) is 14.5 Å². The summed E-state index contributed by atoms with van der Waals surface area (Å²) in [6.45, 7) is 1.67. The highest BCUT2D eigenvalue weighted by molar-refractivity contribution is 6.51. The Hall–Kier alpha value is -4.47. The van der Waals surface area contributed by atoms with E-state index in [9.17, 15) is 14.7 Å². The lowest BCUT2D eigenvalue weighted by Crippen LogP contribution is -2.29. The van der Waals surface area contributed by atoms with E-state index in [0.717, 1.165) is 0 Å². The largest absolute Gasteiger partial charge is 0.507 e. The summed E-state index contributed by atoms with van der Waals surface area (Å²) >= 11 is 0. The van der Waals surface area contributed by atoms with Crippen molar-refractivity contribution < 1.29 is 38.2 Å². The van der Waals surface area contributed by atoms with Crippen LogP contribution in [0.3, 0.4) is 0 Å². The molecular weight excluding hydrogens is 456 g/mol. The fourth-order valence-electron chi connectivity index (χ4n) is 4.01. The van der Waals surface area contributed by atoms with Gasteiger partial charge in [0.15, 0.2) is 17.3 Å². The number of Topliss-reactive ketones (excluding diaryl/α,β-unsaturated/α-hetero) is 1. The van der Waals surface area contributed by atoms with Crippen LogP contribution in [0, 0.1) is 6.92 Å². The maximum atomic E-state index is 13.3. The molecule has 1 aliphatic rings. The number of ketones is 1. The molecule has 0 saturated carbocycles. The molecule has 35 heavy (non-hydrogen) atoms. The van der Waals surface area contributed by atoms with Crippen molar-refractivity contribution in [2.24, 2.45) is 0 Å². The van der Waals surface area contributed by atoms with Crippen LogP contribution in [-0.4, -0.2) is 50.4 Å². The average Bonchev–Trinajstić information content (AvgIpc) is 3.42. The normalized spacial score (nSPS) is 16.9. The van der Waals surface area contributed by atoms with E-state index >= 15 is 0 Å². The molecule has 1 amide bonds. The van der Waals surface area contributed by atoms with Gasteiger partial charge in [0.05, 0.1) is 40.1 Å². The third-order valence-corrected chi connectivity index (χ3v) is 5.67. The summed E-state index contributed by atoms with van der Waals surface area (Å²) in [6.07, 6.45) is 0. The van der Waals surface area contributed by atoms with Gasteiger partial charge in [0.2, 0.25) is 5.75 Å². The average molecular weight is 480 g/mol. The van der Waals surface area contributed by atoms with Gasteiger partial charge in [0.25, 0.3) is 5.78 Å². The van der Waals surface area contributed by atoms with Crippen LogP contribution in [-0.2, 0) is 9.59 Å². The van der Waals surface area contributed by atoms with Crippen LogP contribution in [0.5, 0.6) is 23.0 Å². The molecule has 0 spiro atoms. The molecule has 0 radical (unpaired) electrons. The third-order valence-electron chi connectivity index (χ3n) is 5.67. The van der Waals surface area contributed by atoms with Crippen molar-refractivity contribution in [1.29, 1.82) is 0 Å². The summed E-state index contributed by atoms with van der Waals surface area (Å²) in [5, 5.41) is 15.2. The predicted octanol–water partition coefficient (Wildman–Crippen LogP) is 3.64. The molecule has 1 N–H and O–H groups in total. The SMILES string of the molecule is COc1ccc(C(O)=C2C(=O)C(=O)N(c3cc(C)on3)C2c2cc(OC)c(OC)c(OC)c2)cc1. The van der Waals surface area contributed by atoms with E-state index < -0.39 is 17.7 Å². The molecule has 10 nitrogen and oxygen atoms in total. The number of amides is 1. The number of carbonyl (C=O) groups excluding carboxylic acids is 2. The van der Waals surface area contributed by atoms with Crippen molar-refractivity contribution >= 4 is 23.3 Å². The van der Waals surface area contributed by atoms with Crippen LogP contribution in [0.1, 0.15) is 22.9 Å². The zero-order valence-electron chi connectivity index (χ0n) is 19.8. The Morgan fingerprint density at radius 1 is 0.943 bits per heavy atom. The zero-order chi connectivity index (χ0) is 25.3. The van der Waals surface area contributed by atoms with Crippen molar-refractivity contribution in [1.82, 2.24) is 5.16 Å². The van der Waals surface area contributed by atoms with Gasteiger partial charge in [0.1, 0.15) is 17.3 Å². The highest BCUT2D eigenvalue weighted by Gasteiger charge is 2.48. The monoisotopic (exact) mass is 480 g/mol.